The van der Waals surface area contributed by atoms with Gasteiger partial charge in [-0.1, -0.05) is 48.5 Å². The predicted octanol–water partition coefficient (Wildman–Crippen LogP) is 3.28. The van der Waals surface area contributed by atoms with Gasteiger partial charge in [-0.05, 0) is 43.6 Å². The maximum atomic E-state index is 12.3. The second-order valence-corrected chi connectivity index (χ2v) is 8.34. The van der Waals surface area contributed by atoms with E-state index in [-0.39, 0.29) is 5.91 Å². The first-order chi connectivity index (χ1) is 14.8. The van der Waals surface area contributed by atoms with Crippen LogP contribution in [-0.4, -0.2) is 57.5 Å². The molecule has 7 nitrogen and oxygen atoms in total. The topological polar surface area (TPSA) is 76.2 Å². The van der Waals surface area contributed by atoms with Crippen molar-refractivity contribution in [1.82, 2.24) is 25.0 Å². The van der Waals surface area contributed by atoms with Crippen molar-refractivity contribution in [3.8, 4) is 11.6 Å². The van der Waals surface area contributed by atoms with E-state index in [1.807, 2.05) is 34.9 Å². The summed E-state index contributed by atoms with van der Waals surface area (Å²) in [5.41, 5.74) is 1.14. The number of piperidine rings is 1. The number of thioether (sulfide) groups is 1. The van der Waals surface area contributed by atoms with Crippen LogP contribution in [0.2, 0.25) is 0 Å². The van der Waals surface area contributed by atoms with Crippen molar-refractivity contribution in [2.45, 2.75) is 31.0 Å². The maximum absolute atomic E-state index is 12.3. The Morgan fingerprint density at radius 1 is 1.07 bits per heavy atom. The van der Waals surface area contributed by atoms with Crippen LogP contribution in [-0.2, 0) is 11.3 Å². The number of hydrogen-bond acceptors (Lipinski definition) is 6. The van der Waals surface area contributed by atoms with Gasteiger partial charge in [0.2, 0.25) is 11.7 Å². The molecular formula is C22H27N5O2S. The van der Waals surface area contributed by atoms with Gasteiger partial charge in [0.15, 0.2) is 10.9 Å². The zero-order valence-electron chi connectivity index (χ0n) is 17.0. The minimum absolute atomic E-state index is 0.0193. The number of carbonyl (C=O) groups is 1. The lowest BCUT2D eigenvalue weighted by atomic mass is 10.1. The van der Waals surface area contributed by atoms with E-state index < -0.39 is 0 Å². The van der Waals surface area contributed by atoms with E-state index in [1.54, 1.807) is 6.26 Å². The summed E-state index contributed by atoms with van der Waals surface area (Å²) in [6.07, 6.45) is 5.47. The molecule has 0 unspecified atom stereocenters. The van der Waals surface area contributed by atoms with Gasteiger partial charge >= 0.3 is 0 Å². The van der Waals surface area contributed by atoms with Crippen molar-refractivity contribution in [3.05, 3.63) is 54.3 Å². The number of furan rings is 1. The second-order valence-electron chi connectivity index (χ2n) is 7.40. The first-order valence-electron chi connectivity index (χ1n) is 10.4. The Morgan fingerprint density at radius 3 is 2.67 bits per heavy atom. The molecule has 0 aliphatic carbocycles. The van der Waals surface area contributed by atoms with Gasteiger partial charge in [-0.25, -0.2) is 0 Å². The highest BCUT2D eigenvalue weighted by molar-refractivity contribution is 7.99. The number of benzene rings is 1. The molecule has 1 saturated heterocycles. The summed E-state index contributed by atoms with van der Waals surface area (Å²) in [5.74, 6) is 1.66. The van der Waals surface area contributed by atoms with Gasteiger partial charge in [0.25, 0.3) is 0 Å². The molecule has 0 bridgehead atoms. The normalized spacial score (nSPS) is 14.7. The van der Waals surface area contributed by atoms with Crippen LogP contribution in [0.3, 0.4) is 0 Å². The fraction of sp³-hybridized carbons (Fsp3) is 0.409. The van der Waals surface area contributed by atoms with Crippen LogP contribution in [0.4, 0.5) is 0 Å². The molecule has 1 aliphatic rings. The lowest BCUT2D eigenvalue weighted by Gasteiger charge is -2.26. The largest absolute Gasteiger partial charge is 0.461 e. The van der Waals surface area contributed by atoms with Crippen molar-refractivity contribution in [3.63, 3.8) is 0 Å². The lowest BCUT2D eigenvalue weighted by Crippen LogP contribution is -2.38. The summed E-state index contributed by atoms with van der Waals surface area (Å²) < 4.78 is 7.53. The Kier molecular flexibility index (Phi) is 7.20. The molecule has 0 spiro atoms. The minimum Gasteiger partial charge on any atom is -0.461 e. The Balaban J connectivity index is 1.36. The molecule has 3 heterocycles. The fourth-order valence-corrected chi connectivity index (χ4v) is 4.38. The third-order valence-corrected chi connectivity index (χ3v) is 6.14. The smallest absolute Gasteiger partial charge is 0.230 e. The molecule has 1 aliphatic heterocycles. The molecular weight excluding hydrogens is 398 g/mol. The lowest BCUT2D eigenvalue weighted by molar-refractivity contribution is -0.118. The number of carbonyl (C=O) groups excluding carboxylic acids is 1. The Hall–Kier alpha value is -2.58. The van der Waals surface area contributed by atoms with Crippen LogP contribution in [0, 0.1) is 0 Å². The number of rotatable bonds is 9. The highest BCUT2D eigenvalue weighted by Gasteiger charge is 2.18. The molecule has 8 heteroatoms. The van der Waals surface area contributed by atoms with Crippen molar-refractivity contribution in [1.29, 1.82) is 0 Å². The molecule has 0 radical (unpaired) electrons. The molecule has 158 valence electrons. The number of nitrogens with one attached hydrogen (secondary N) is 1. The molecule has 2 aromatic heterocycles. The molecule has 1 fully saturated rings. The quantitative estimate of drug-likeness (QED) is 0.530. The monoisotopic (exact) mass is 425 g/mol. The van der Waals surface area contributed by atoms with Crippen LogP contribution in [0.5, 0.6) is 0 Å². The molecule has 1 aromatic carbocycles. The van der Waals surface area contributed by atoms with Crippen LogP contribution >= 0.6 is 11.8 Å². The van der Waals surface area contributed by atoms with Gasteiger partial charge in [-0.2, -0.15) is 0 Å². The predicted molar refractivity (Wildman–Crippen MR) is 117 cm³/mol. The number of nitrogens with zero attached hydrogens (tertiary/aromatic N) is 4. The number of aromatic nitrogens is 3. The molecule has 0 atom stereocenters. The molecule has 4 rings (SSSR count). The van der Waals surface area contributed by atoms with E-state index in [2.05, 4.69) is 32.5 Å². The van der Waals surface area contributed by atoms with E-state index in [0.717, 1.165) is 25.2 Å². The van der Waals surface area contributed by atoms with Gasteiger partial charge in [-0.15, -0.1) is 10.2 Å². The van der Waals surface area contributed by atoms with Gasteiger partial charge in [-0.3, -0.25) is 9.36 Å². The van der Waals surface area contributed by atoms with Crippen molar-refractivity contribution in [2.75, 3.05) is 31.9 Å². The van der Waals surface area contributed by atoms with Crippen molar-refractivity contribution in [2.24, 2.45) is 0 Å². The average molecular weight is 426 g/mol. The zero-order valence-corrected chi connectivity index (χ0v) is 17.8. The third kappa shape index (κ3) is 5.52. The average Bonchev–Trinajstić information content (AvgIpc) is 3.44. The molecule has 0 saturated carbocycles. The van der Waals surface area contributed by atoms with E-state index in [9.17, 15) is 4.79 Å². The standard InChI is InChI=1S/C22H27N5O2S/c28-20(23-11-14-26-12-5-2-6-13-26)17-30-22-25-24-21(19-10-7-15-29-19)27(22)16-18-8-3-1-4-9-18/h1,3-4,7-10,15H,2,5-6,11-14,16-17H2,(H,23,28). The second kappa shape index (κ2) is 10.4. The Labute approximate surface area is 180 Å². The van der Waals surface area contributed by atoms with E-state index in [1.165, 1.54) is 31.0 Å². The van der Waals surface area contributed by atoms with Crippen LogP contribution < -0.4 is 5.32 Å². The summed E-state index contributed by atoms with van der Waals surface area (Å²) in [6, 6.07) is 13.8. The molecule has 1 amide bonds. The minimum atomic E-state index is 0.0193. The van der Waals surface area contributed by atoms with Crippen LogP contribution in [0.25, 0.3) is 11.6 Å². The van der Waals surface area contributed by atoms with Crippen LogP contribution in [0.15, 0.2) is 58.3 Å². The van der Waals surface area contributed by atoms with E-state index in [4.69, 9.17) is 4.42 Å². The number of likely N-dealkylation sites (tertiary alicyclic amines) is 1. The Morgan fingerprint density at radius 2 is 1.90 bits per heavy atom. The first kappa shape index (κ1) is 20.7. The zero-order chi connectivity index (χ0) is 20.6. The molecule has 1 N–H and O–H groups in total. The first-order valence-corrected chi connectivity index (χ1v) is 11.4. The summed E-state index contributed by atoms with van der Waals surface area (Å²) >= 11 is 1.40. The molecule has 30 heavy (non-hydrogen) atoms. The third-order valence-electron chi connectivity index (χ3n) is 5.17. The van der Waals surface area contributed by atoms with Gasteiger partial charge in [0.05, 0.1) is 18.6 Å². The molecule has 3 aromatic rings. The summed E-state index contributed by atoms with van der Waals surface area (Å²) in [6.45, 7) is 4.51. The van der Waals surface area contributed by atoms with Crippen LogP contribution in [0.1, 0.15) is 24.8 Å². The Bertz CT molecular complexity index is 920. The fourth-order valence-electron chi connectivity index (χ4n) is 3.61. The van der Waals surface area contributed by atoms with E-state index in [0.29, 0.717) is 35.6 Å². The number of hydrogen-bond donors (Lipinski definition) is 1. The summed E-state index contributed by atoms with van der Waals surface area (Å²) in [5, 5.41) is 12.4. The van der Waals surface area contributed by atoms with Crippen molar-refractivity contribution >= 4 is 17.7 Å². The summed E-state index contributed by atoms with van der Waals surface area (Å²) in [7, 11) is 0. The highest BCUT2D eigenvalue weighted by Crippen LogP contribution is 2.25. The highest BCUT2D eigenvalue weighted by atomic mass is 32.2. The van der Waals surface area contributed by atoms with Gasteiger partial charge < -0.3 is 14.6 Å². The van der Waals surface area contributed by atoms with E-state index >= 15 is 0 Å². The summed E-state index contributed by atoms with van der Waals surface area (Å²) in [4.78, 5) is 14.8. The van der Waals surface area contributed by atoms with Crippen molar-refractivity contribution < 1.29 is 9.21 Å². The SMILES string of the molecule is O=C(CSc1nnc(-c2ccco2)n1Cc1ccccc1)NCCN1CCCCC1. The van der Waals surface area contributed by atoms with Gasteiger partial charge in [0, 0.05) is 13.1 Å². The van der Waals surface area contributed by atoms with Gasteiger partial charge in [0.1, 0.15) is 0 Å². The maximum Gasteiger partial charge on any atom is 0.230 e. The number of amides is 1.